The zero-order chi connectivity index (χ0) is 10.3. The fourth-order valence-corrected chi connectivity index (χ4v) is 1.84. The molecular formula is C11H11ClN2. The second-order valence-electron chi connectivity index (χ2n) is 3.51. The fourth-order valence-electron chi connectivity index (χ4n) is 1.64. The first-order valence-electron chi connectivity index (χ1n) is 4.40. The minimum absolute atomic E-state index is 0.532. The number of benzene rings is 1. The molecule has 14 heavy (non-hydrogen) atoms. The lowest BCUT2D eigenvalue weighted by Crippen LogP contribution is -1.92. The van der Waals surface area contributed by atoms with Gasteiger partial charge in [0.05, 0.1) is 22.4 Å². The third-order valence-electron chi connectivity index (χ3n) is 2.27. The maximum Gasteiger partial charge on any atom is 0.0747 e. The highest BCUT2D eigenvalue weighted by Gasteiger charge is 2.06. The van der Waals surface area contributed by atoms with Crippen LogP contribution < -0.4 is 5.73 Å². The molecule has 0 spiro atoms. The van der Waals surface area contributed by atoms with Gasteiger partial charge in [0.15, 0.2) is 0 Å². The molecule has 0 fully saturated rings. The lowest BCUT2D eigenvalue weighted by molar-refractivity contribution is 1.34. The van der Waals surface area contributed by atoms with Crippen LogP contribution in [0.4, 0.5) is 5.69 Å². The van der Waals surface area contributed by atoms with Crippen LogP contribution in [0.2, 0.25) is 5.02 Å². The number of nitrogens with two attached hydrogens (primary N) is 1. The van der Waals surface area contributed by atoms with Crippen molar-refractivity contribution in [3.05, 3.63) is 34.5 Å². The van der Waals surface area contributed by atoms with Gasteiger partial charge < -0.3 is 5.73 Å². The molecule has 1 heterocycles. The van der Waals surface area contributed by atoms with Crippen molar-refractivity contribution in [3.8, 4) is 0 Å². The Morgan fingerprint density at radius 2 is 2.00 bits per heavy atom. The van der Waals surface area contributed by atoms with E-state index >= 15 is 0 Å². The van der Waals surface area contributed by atoms with Crippen LogP contribution in [0.5, 0.6) is 0 Å². The van der Waals surface area contributed by atoms with E-state index in [1.165, 1.54) is 5.56 Å². The molecule has 0 saturated carbocycles. The Kier molecular flexibility index (Phi) is 2.08. The Morgan fingerprint density at radius 1 is 1.29 bits per heavy atom. The summed E-state index contributed by atoms with van der Waals surface area (Å²) in [4.78, 5) is 4.27. The summed E-state index contributed by atoms with van der Waals surface area (Å²) in [6.07, 6.45) is 1.60. The summed E-state index contributed by atoms with van der Waals surface area (Å²) in [6, 6.07) is 4.09. The molecule has 72 valence electrons. The van der Waals surface area contributed by atoms with Gasteiger partial charge >= 0.3 is 0 Å². The van der Waals surface area contributed by atoms with Gasteiger partial charge in [0.25, 0.3) is 0 Å². The molecule has 0 aliphatic rings. The zero-order valence-corrected chi connectivity index (χ0v) is 8.89. The largest absolute Gasteiger partial charge is 0.396 e. The Hall–Kier alpha value is -1.28. The monoisotopic (exact) mass is 206 g/mol. The summed E-state index contributed by atoms with van der Waals surface area (Å²) in [5.41, 5.74) is 9.45. The third kappa shape index (κ3) is 1.32. The number of nitrogens with zero attached hydrogens (tertiary/aromatic N) is 1. The first-order valence-corrected chi connectivity index (χ1v) is 4.78. The smallest absolute Gasteiger partial charge is 0.0747 e. The topological polar surface area (TPSA) is 38.9 Å². The SMILES string of the molecule is Cc1cc(C)c2ncc(N)c(Cl)c2c1. The molecule has 0 saturated heterocycles. The van der Waals surface area contributed by atoms with Gasteiger partial charge in [0.2, 0.25) is 0 Å². The van der Waals surface area contributed by atoms with Gasteiger partial charge in [0, 0.05) is 5.39 Å². The Bertz CT molecular complexity index is 506. The molecule has 0 radical (unpaired) electrons. The number of hydrogen-bond acceptors (Lipinski definition) is 2. The van der Waals surface area contributed by atoms with Crippen molar-refractivity contribution in [1.29, 1.82) is 0 Å². The molecule has 1 aromatic carbocycles. The molecule has 2 rings (SSSR count). The first-order chi connectivity index (χ1) is 6.59. The van der Waals surface area contributed by atoms with Crippen LogP contribution in [0.1, 0.15) is 11.1 Å². The van der Waals surface area contributed by atoms with Gasteiger partial charge in [-0.15, -0.1) is 0 Å². The Morgan fingerprint density at radius 3 is 2.71 bits per heavy atom. The summed E-state index contributed by atoms with van der Waals surface area (Å²) in [5.74, 6) is 0. The molecule has 2 nitrogen and oxygen atoms in total. The average Bonchev–Trinajstić information content (AvgIpc) is 2.12. The van der Waals surface area contributed by atoms with E-state index in [9.17, 15) is 0 Å². The van der Waals surface area contributed by atoms with Crippen molar-refractivity contribution in [2.45, 2.75) is 13.8 Å². The van der Waals surface area contributed by atoms with Crippen LogP contribution in [0.25, 0.3) is 10.9 Å². The number of fused-ring (bicyclic) bond motifs is 1. The molecule has 0 bridgehead atoms. The summed E-state index contributed by atoms with van der Waals surface area (Å²) in [7, 11) is 0. The second-order valence-corrected chi connectivity index (χ2v) is 3.88. The van der Waals surface area contributed by atoms with Crippen molar-refractivity contribution in [1.82, 2.24) is 4.98 Å². The number of anilines is 1. The number of rotatable bonds is 0. The van der Waals surface area contributed by atoms with Crippen molar-refractivity contribution in [2.24, 2.45) is 0 Å². The van der Waals surface area contributed by atoms with Gasteiger partial charge in [-0.25, -0.2) is 0 Å². The summed E-state index contributed by atoms with van der Waals surface area (Å²) in [5, 5.41) is 1.53. The molecule has 0 amide bonds. The van der Waals surface area contributed by atoms with E-state index in [0.29, 0.717) is 10.7 Å². The minimum Gasteiger partial charge on any atom is -0.396 e. The number of hydrogen-bond donors (Lipinski definition) is 1. The summed E-state index contributed by atoms with van der Waals surface area (Å²) in [6.45, 7) is 4.06. The van der Waals surface area contributed by atoms with Crippen LogP contribution in [-0.4, -0.2) is 4.98 Å². The summed E-state index contributed by atoms with van der Waals surface area (Å²) >= 11 is 6.10. The number of aryl methyl sites for hydroxylation is 2. The number of nitrogen functional groups attached to an aromatic ring is 1. The van der Waals surface area contributed by atoms with E-state index in [-0.39, 0.29) is 0 Å². The predicted octanol–water partition coefficient (Wildman–Crippen LogP) is 3.09. The van der Waals surface area contributed by atoms with E-state index in [2.05, 4.69) is 11.1 Å². The summed E-state index contributed by atoms with van der Waals surface area (Å²) < 4.78 is 0. The van der Waals surface area contributed by atoms with Crippen molar-refractivity contribution >= 4 is 28.2 Å². The molecule has 0 atom stereocenters. The van der Waals surface area contributed by atoms with Crippen molar-refractivity contribution < 1.29 is 0 Å². The quantitative estimate of drug-likeness (QED) is 0.720. The maximum atomic E-state index is 6.10. The molecule has 0 aliphatic heterocycles. The van der Waals surface area contributed by atoms with Gasteiger partial charge in [-0.1, -0.05) is 23.2 Å². The van der Waals surface area contributed by atoms with E-state index in [1.807, 2.05) is 19.9 Å². The highest BCUT2D eigenvalue weighted by atomic mass is 35.5. The van der Waals surface area contributed by atoms with Crippen LogP contribution in [-0.2, 0) is 0 Å². The number of halogens is 1. The lowest BCUT2D eigenvalue weighted by Gasteiger charge is -2.06. The lowest BCUT2D eigenvalue weighted by atomic mass is 10.1. The zero-order valence-electron chi connectivity index (χ0n) is 8.13. The molecule has 2 N–H and O–H groups in total. The molecule has 0 unspecified atom stereocenters. The second kappa shape index (κ2) is 3.14. The van der Waals surface area contributed by atoms with Gasteiger partial charge in [0.1, 0.15) is 0 Å². The van der Waals surface area contributed by atoms with Gasteiger partial charge in [-0.05, 0) is 25.5 Å². The molecule has 3 heteroatoms. The van der Waals surface area contributed by atoms with Gasteiger partial charge in [-0.3, -0.25) is 4.98 Å². The van der Waals surface area contributed by atoms with Crippen LogP contribution in [0.3, 0.4) is 0 Å². The third-order valence-corrected chi connectivity index (χ3v) is 2.69. The molecular weight excluding hydrogens is 196 g/mol. The maximum absolute atomic E-state index is 6.10. The minimum atomic E-state index is 0.532. The number of aromatic nitrogens is 1. The van der Waals surface area contributed by atoms with Crippen LogP contribution in [0, 0.1) is 13.8 Å². The van der Waals surface area contributed by atoms with Crippen molar-refractivity contribution in [2.75, 3.05) is 5.73 Å². The standard InChI is InChI=1S/C11H11ClN2/c1-6-3-7(2)11-8(4-6)10(12)9(13)5-14-11/h3-5H,13H2,1-2H3. The highest BCUT2D eigenvalue weighted by molar-refractivity contribution is 6.37. The first kappa shape index (κ1) is 9.28. The Labute approximate surface area is 87.7 Å². The molecule has 1 aromatic heterocycles. The highest BCUT2D eigenvalue weighted by Crippen LogP contribution is 2.29. The fraction of sp³-hybridized carbons (Fsp3) is 0.182. The van der Waals surface area contributed by atoms with E-state index in [1.54, 1.807) is 6.20 Å². The molecule has 0 aliphatic carbocycles. The number of pyridine rings is 1. The molecule has 2 aromatic rings. The van der Waals surface area contributed by atoms with E-state index < -0.39 is 0 Å². The Balaban J connectivity index is 2.95. The average molecular weight is 207 g/mol. The van der Waals surface area contributed by atoms with E-state index in [0.717, 1.165) is 16.5 Å². The van der Waals surface area contributed by atoms with Gasteiger partial charge in [-0.2, -0.15) is 0 Å². The van der Waals surface area contributed by atoms with Crippen LogP contribution in [0.15, 0.2) is 18.3 Å². The van der Waals surface area contributed by atoms with Crippen molar-refractivity contribution in [3.63, 3.8) is 0 Å². The normalized spacial score (nSPS) is 10.8. The van der Waals surface area contributed by atoms with Crippen LogP contribution >= 0.6 is 11.6 Å². The predicted molar refractivity (Wildman–Crippen MR) is 60.6 cm³/mol. The van der Waals surface area contributed by atoms with E-state index in [4.69, 9.17) is 17.3 Å².